The maximum Gasteiger partial charge on any atom is 0.276 e. The lowest BCUT2D eigenvalue weighted by Gasteiger charge is -2.09. The molecule has 0 aliphatic rings. The van der Waals surface area contributed by atoms with Gasteiger partial charge >= 0.3 is 0 Å². The summed E-state index contributed by atoms with van der Waals surface area (Å²) in [6, 6.07) is 11.4. The van der Waals surface area contributed by atoms with Gasteiger partial charge in [-0.1, -0.05) is 17.7 Å². The van der Waals surface area contributed by atoms with Gasteiger partial charge in [-0.25, -0.2) is 0 Å². The van der Waals surface area contributed by atoms with Gasteiger partial charge in [-0.15, -0.1) is 0 Å². The molecule has 0 spiro atoms. The zero-order valence-corrected chi connectivity index (χ0v) is 16.0. The molecule has 0 fully saturated rings. The Hall–Kier alpha value is -3.28. The molecule has 2 N–H and O–H groups in total. The van der Waals surface area contributed by atoms with Gasteiger partial charge in [0.25, 0.3) is 11.8 Å². The molecule has 0 saturated heterocycles. The van der Waals surface area contributed by atoms with E-state index in [1.165, 1.54) is 6.08 Å². The summed E-state index contributed by atoms with van der Waals surface area (Å²) >= 11 is 0. The van der Waals surface area contributed by atoms with Crippen LogP contribution in [0.15, 0.2) is 42.5 Å². The fourth-order valence-corrected chi connectivity index (χ4v) is 2.52. The third-order valence-corrected chi connectivity index (χ3v) is 3.69. The summed E-state index contributed by atoms with van der Waals surface area (Å²) in [5.41, 5.74) is 8.56. The molecule has 0 aliphatic heterocycles. The van der Waals surface area contributed by atoms with E-state index in [0.29, 0.717) is 11.5 Å². The van der Waals surface area contributed by atoms with Gasteiger partial charge in [0.15, 0.2) is 6.61 Å². The zero-order valence-electron chi connectivity index (χ0n) is 16.0. The van der Waals surface area contributed by atoms with E-state index < -0.39 is 11.8 Å². The number of methoxy groups -OCH3 is 1. The molecule has 2 aromatic carbocycles. The Morgan fingerprint density at radius 3 is 2.33 bits per heavy atom. The van der Waals surface area contributed by atoms with Crippen LogP contribution in [-0.2, 0) is 9.59 Å². The predicted octanol–water partition coefficient (Wildman–Crippen LogP) is 2.86. The largest absolute Gasteiger partial charge is 0.496 e. The molecule has 0 aromatic heterocycles. The Bertz CT molecular complexity index is 839. The Morgan fingerprint density at radius 1 is 0.963 bits per heavy atom. The van der Waals surface area contributed by atoms with Crippen LogP contribution in [0.2, 0.25) is 0 Å². The van der Waals surface area contributed by atoms with Crippen LogP contribution in [0.4, 0.5) is 0 Å². The Kier molecular flexibility index (Phi) is 7.00. The minimum absolute atomic E-state index is 0.196. The molecule has 0 radical (unpaired) electrons. The van der Waals surface area contributed by atoms with E-state index in [0.717, 1.165) is 22.3 Å². The fourth-order valence-electron chi connectivity index (χ4n) is 2.52. The van der Waals surface area contributed by atoms with Crippen molar-refractivity contribution in [3.63, 3.8) is 0 Å². The molecule has 2 amide bonds. The smallest absolute Gasteiger partial charge is 0.276 e. The van der Waals surface area contributed by atoms with Gasteiger partial charge in [-0.05, 0) is 62.2 Å². The molecule has 6 nitrogen and oxygen atoms in total. The van der Waals surface area contributed by atoms with Crippen molar-refractivity contribution in [1.29, 1.82) is 0 Å². The van der Waals surface area contributed by atoms with E-state index in [4.69, 9.17) is 9.47 Å². The summed E-state index contributed by atoms with van der Waals surface area (Å²) in [6.07, 6.45) is 2.95. The van der Waals surface area contributed by atoms with Crippen LogP contribution < -0.4 is 20.3 Å². The summed E-state index contributed by atoms with van der Waals surface area (Å²) in [7, 11) is 1.57. The van der Waals surface area contributed by atoms with Crippen molar-refractivity contribution in [1.82, 2.24) is 10.9 Å². The first-order valence-corrected chi connectivity index (χ1v) is 8.50. The monoisotopic (exact) mass is 368 g/mol. The zero-order chi connectivity index (χ0) is 19.8. The molecule has 142 valence electrons. The van der Waals surface area contributed by atoms with Gasteiger partial charge in [0.2, 0.25) is 0 Å². The van der Waals surface area contributed by atoms with Gasteiger partial charge in [0.1, 0.15) is 11.5 Å². The molecule has 0 aliphatic carbocycles. The second-order valence-electron chi connectivity index (χ2n) is 6.23. The van der Waals surface area contributed by atoms with Crippen LogP contribution >= 0.6 is 0 Å². The minimum Gasteiger partial charge on any atom is -0.496 e. The van der Waals surface area contributed by atoms with E-state index in [-0.39, 0.29) is 6.61 Å². The van der Waals surface area contributed by atoms with E-state index in [1.807, 2.05) is 57.2 Å². The molecule has 0 unspecified atom stereocenters. The summed E-state index contributed by atoms with van der Waals surface area (Å²) in [5.74, 6) is 0.360. The average molecular weight is 368 g/mol. The van der Waals surface area contributed by atoms with Crippen LogP contribution in [0.3, 0.4) is 0 Å². The number of aryl methyl sites for hydroxylation is 3. The van der Waals surface area contributed by atoms with Crippen LogP contribution in [0.5, 0.6) is 11.5 Å². The molecule has 0 bridgehead atoms. The predicted molar refractivity (Wildman–Crippen MR) is 104 cm³/mol. The number of ether oxygens (including phenoxy) is 2. The minimum atomic E-state index is -0.460. The molecule has 2 rings (SSSR count). The quantitative estimate of drug-likeness (QED) is 0.607. The van der Waals surface area contributed by atoms with Crippen molar-refractivity contribution in [3.8, 4) is 11.5 Å². The molecule has 0 heterocycles. The normalized spacial score (nSPS) is 10.5. The Labute approximate surface area is 159 Å². The van der Waals surface area contributed by atoms with Crippen LogP contribution in [0.25, 0.3) is 6.08 Å². The third-order valence-electron chi connectivity index (χ3n) is 3.69. The SMILES string of the molecule is COc1ccc(C)cc1/C=C/C(=O)NNC(=O)COc1cc(C)cc(C)c1. The van der Waals surface area contributed by atoms with E-state index in [1.54, 1.807) is 13.2 Å². The molecule has 0 atom stereocenters. The highest BCUT2D eigenvalue weighted by atomic mass is 16.5. The topological polar surface area (TPSA) is 76.7 Å². The molecule has 0 saturated carbocycles. The average Bonchev–Trinajstić information content (AvgIpc) is 2.62. The lowest BCUT2D eigenvalue weighted by molar-refractivity contribution is -0.128. The third kappa shape index (κ3) is 6.51. The Morgan fingerprint density at radius 2 is 1.67 bits per heavy atom. The molecule has 2 aromatic rings. The van der Waals surface area contributed by atoms with Gasteiger partial charge in [0, 0.05) is 11.6 Å². The first-order valence-electron chi connectivity index (χ1n) is 8.50. The number of hydrogen-bond donors (Lipinski definition) is 2. The summed E-state index contributed by atoms with van der Waals surface area (Å²) in [5, 5.41) is 0. The van der Waals surface area contributed by atoms with Crippen molar-refractivity contribution in [3.05, 3.63) is 64.7 Å². The highest BCUT2D eigenvalue weighted by molar-refractivity contribution is 5.93. The van der Waals surface area contributed by atoms with Crippen LogP contribution in [0.1, 0.15) is 22.3 Å². The van der Waals surface area contributed by atoms with Gasteiger partial charge < -0.3 is 9.47 Å². The number of hydrogen-bond acceptors (Lipinski definition) is 4. The van der Waals surface area contributed by atoms with E-state index >= 15 is 0 Å². The number of rotatable bonds is 6. The van der Waals surface area contributed by atoms with Gasteiger partial charge in [0.05, 0.1) is 7.11 Å². The maximum absolute atomic E-state index is 11.9. The van der Waals surface area contributed by atoms with Crippen molar-refractivity contribution in [2.75, 3.05) is 13.7 Å². The summed E-state index contributed by atoms with van der Waals surface area (Å²) in [4.78, 5) is 23.7. The molecule has 27 heavy (non-hydrogen) atoms. The lowest BCUT2D eigenvalue weighted by Crippen LogP contribution is -2.43. The highest BCUT2D eigenvalue weighted by Gasteiger charge is 2.05. The van der Waals surface area contributed by atoms with Gasteiger partial charge in [-0.2, -0.15) is 0 Å². The second-order valence-corrected chi connectivity index (χ2v) is 6.23. The van der Waals surface area contributed by atoms with Crippen molar-refractivity contribution in [2.45, 2.75) is 20.8 Å². The lowest BCUT2D eigenvalue weighted by atomic mass is 10.1. The number of hydrazine groups is 1. The fraction of sp³-hybridized carbons (Fsp3) is 0.238. The summed E-state index contributed by atoms with van der Waals surface area (Å²) < 4.78 is 10.7. The number of benzene rings is 2. The van der Waals surface area contributed by atoms with Crippen LogP contribution in [-0.4, -0.2) is 25.5 Å². The first kappa shape index (κ1) is 20.0. The van der Waals surface area contributed by atoms with Gasteiger partial charge in [-0.3, -0.25) is 20.4 Å². The maximum atomic E-state index is 11.9. The molecule has 6 heteroatoms. The molecular weight excluding hydrogens is 344 g/mol. The second kappa shape index (κ2) is 9.43. The molecular formula is C21H24N2O4. The van der Waals surface area contributed by atoms with Crippen molar-refractivity contribution >= 4 is 17.9 Å². The van der Waals surface area contributed by atoms with Crippen molar-refractivity contribution in [2.24, 2.45) is 0 Å². The summed E-state index contributed by atoms with van der Waals surface area (Å²) in [6.45, 7) is 5.66. The number of carbonyl (C=O) groups excluding carboxylic acids is 2. The van der Waals surface area contributed by atoms with E-state index in [2.05, 4.69) is 10.9 Å². The highest BCUT2D eigenvalue weighted by Crippen LogP contribution is 2.20. The van der Waals surface area contributed by atoms with E-state index in [9.17, 15) is 9.59 Å². The standard InChI is InChI=1S/C21H24N2O4/c1-14-5-7-19(26-4)17(10-14)6-8-20(24)22-23-21(25)13-27-18-11-15(2)9-16(3)12-18/h5-12H,13H2,1-4H3,(H,22,24)(H,23,25)/b8-6+. The number of amides is 2. The van der Waals surface area contributed by atoms with Crippen LogP contribution in [0, 0.1) is 20.8 Å². The van der Waals surface area contributed by atoms with Crippen molar-refractivity contribution < 1.29 is 19.1 Å². The Balaban J connectivity index is 1.82. The number of nitrogens with one attached hydrogen (secondary N) is 2. The first-order chi connectivity index (χ1) is 12.9. The number of carbonyl (C=O) groups is 2.